The Morgan fingerprint density at radius 3 is 2.67 bits per heavy atom. The van der Waals surface area contributed by atoms with E-state index in [1.165, 1.54) is 11.1 Å². The van der Waals surface area contributed by atoms with E-state index in [4.69, 9.17) is 4.74 Å². The summed E-state index contributed by atoms with van der Waals surface area (Å²) in [5, 5.41) is 6.98. The number of nitrogens with one attached hydrogen (secondary N) is 2. The van der Waals surface area contributed by atoms with Crippen molar-refractivity contribution in [2.75, 3.05) is 20.7 Å². The standard InChI is InChI=1S/C22H30N4O/c1-17-12-20(16-26(17)15-18-8-5-4-6-9-18)25-22(23-2)24-14-19-10-7-11-21(13-19)27-3/h4-11,13,17,20H,12,14-16H2,1-3H3,(H2,23,24,25). The first kappa shape index (κ1) is 19.2. The van der Waals surface area contributed by atoms with Gasteiger partial charge in [-0.05, 0) is 36.6 Å². The van der Waals surface area contributed by atoms with E-state index in [1.54, 1.807) is 7.11 Å². The van der Waals surface area contributed by atoms with Gasteiger partial charge >= 0.3 is 0 Å². The summed E-state index contributed by atoms with van der Waals surface area (Å²) in [7, 11) is 3.51. The van der Waals surface area contributed by atoms with Crippen molar-refractivity contribution in [2.24, 2.45) is 4.99 Å². The Bertz CT molecular complexity index is 747. The van der Waals surface area contributed by atoms with Gasteiger partial charge in [0.1, 0.15) is 5.75 Å². The number of nitrogens with zero attached hydrogens (tertiary/aromatic N) is 2. The number of methoxy groups -OCH3 is 1. The van der Waals surface area contributed by atoms with Gasteiger partial charge in [0.25, 0.3) is 0 Å². The van der Waals surface area contributed by atoms with Crippen LogP contribution in [-0.4, -0.2) is 43.6 Å². The van der Waals surface area contributed by atoms with E-state index in [-0.39, 0.29) is 0 Å². The van der Waals surface area contributed by atoms with Crippen LogP contribution < -0.4 is 15.4 Å². The highest BCUT2D eigenvalue weighted by molar-refractivity contribution is 5.80. The maximum Gasteiger partial charge on any atom is 0.191 e. The summed E-state index contributed by atoms with van der Waals surface area (Å²) in [6.07, 6.45) is 1.12. The molecule has 1 aliphatic heterocycles. The Hall–Kier alpha value is -2.53. The van der Waals surface area contributed by atoms with Gasteiger partial charge in [-0.2, -0.15) is 0 Å². The van der Waals surface area contributed by atoms with Crippen molar-refractivity contribution in [3.63, 3.8) is 0 Å². The van der Waals surface area contributed by atoms with Gasteiger partial charge in [0, 0.05) is 38.8 Å². The van der Waals surface area contributed by atoms with Gasteiger partial charge in [-0.25, -0.2) is 0 Å². The zero-order valence-electron chi connectivity index (χ0n) is 16.5. The molecule has 2 N–H and O–H groups in total. The third-order valence-electron chi connectivity index (χ3n) is 5.09. The maximum absolute atomic E-state index is 5.29. The number of hydrogen-bond donors (Lipinski definition) is 2. The lowest BCUT2D eigenvalue weighted by Crippen LogP contribution is -2.44. The van der Waals surface area contributed by atoms with Crippen LogP contribution in [0.25, 0.3) is 0 Å². The van der Waals surface area contributed by atoms with E-state index in [1.807, 2.05) is 25.2 Å². The fourth-order valence-electron chi connectivity index (χ4n) is 3.60. The molecular formula is C22H30N4O. The predicted molar refractivity (Wildman–Crippen MR) is 111 cm³/mol. The molecule has 2 atom stereocenters. The summed E-state index contributed by atoms with van der Waals surface area (Å²) in [5.74, 6) is 1.72. The molecule has 1 fully saturated rings. The van der Waals surface area contributed by atoms with Crippen LogP contribution in [0.3, 0.4) is 0 Å². The first-order valence-electron chi connectivity index (χ1n) is 9.56. The number of likely N-dealkylation sites (tertiary alicyclic amines) is 1. The fraction of sp³-hybridized carbons (Fsp3) is 0.409. The molecule has 2 aromatic rings. The lowest BCUT2D eigenvalue weighted by molar-refractivity contribution is 0.258. The summed E-state index contributed by atoms with van der Waals surface area (Å²) < 4.78 is 5.29. The molecular weight excluding hydrogens is 336 g/mol. The highest BCUT2D eigenvalue weighted by atomic mass is 16.5. The van der Waals surface area contributed by atoms with Crippen LogP contribution in [0.4, 0.5) is 0 Å². The first-order chi connectivity index (χ1) is 13.2. The highest BCUT2D eigenvalue weighted by Gasteiger charge is 2.29. The lowest BCUT2D eigenvalue weighted by Gasteiger charge is -2.21. The molecule has 0 amide bonds. The van der Waals surface area contributed by atoms with Crippen LogP contribution in [-0.2, 0) is 13.1 Å². The third kappa shape index (κ3) is 5.47. The molecule has 5 heteroatoms. The Labute approximate surface area is 162 Å². The second kappa shape index (κ2) is 9.42. The molecule has 0 bridgehead atoms. The summed E-state index contributed by atoms with van der Waals surface area (Å²) in [4.78, 5) is 6.92. The van der Waals surface area contributed by atoms with Crippen molar-refractivity contribution in [2.45, 2.75) is 38.5 Å². The maximum atomic E-state index is 5.29. The molecule has 1 heterocycles. The van der Waals surface area contributed by atoms with Crippen LogP contribution in [0.15, 0.2) is 59.6 Å². The minimum Gasteiger partial charge on any atom is -0.497 e. The Kier molecular flexibility index (Phi) is 6.71. The highest BCUT2D eigenvalue weighted by Crippen LogP contribution is 2.20. The van der Waals surface area contributed by atoms with Crippen LogP contribution in [0.5, 0.6) is 5.75 Å². The van der Waals surface area contributed by atoms with E-state index >= 15 is 0 Å². The molecule has 0 saturated carbocycles. The van der Waals surface area contributed by atoms with E-state index in [9.17, 15) is 0 Å². The number of rotatable bonds is 6. The molecule has 144 valence electrons. The van der Waals surface area contributed by atoms with Gasteiger partial charge in [0.2, 0.25) is 0 Å². The van der Waals surface area contributed by atoms with Gasteiger partial charge < -0.3 is 15.4 Å². The zero-order valence-corrected chi connectivity index (χ0v) is 16.5. The van der Waals surface area contributed by atoms with Crippen LogP contribution in [0.2, 0.25) is 0 Å². The molecule has 0 spiro atoms. The van der Waals surface area contributed by atoms with Gasteiger partial charge in [-0.3, -0.25) is 9.89 Å². The minimum absolute atomic E-state index is 0.403. The number of ether oxygens (including phenoxy) is 1. The molecule has 3 rings (SSSR count). The van der Waals surface area contributed by atoms with Crippen LogP contribution >= 0.6 is 0 Å². The van der Waals surface area contributed by atoms with E-state index in [2.05, 4.69) is 63.8 Å². The Morgan fingerprint density at radius 2 is 1.93 bits per heavy atom. The van der Waals surface area contributed by atoms with E-state index < -0.39 is 0 Å². The summed E-state index contributed by atoms with van der Waals surface area (Å²) >= 11 is 0. The monoisotopic (exact) mass is 366 g/mol. The van der Waals surface area contributed by atoms with Crippen molar-refractivity contribution in [3.8, 4) is 5.75 Å². The van der Waals surface area contributed by atoms with Crippen LogP contribution in [0.1, 0.15) is 24.5 Å². The Morgan fingerprint density at radius 1 is 1.15 bits per heavy atom. The van der Waals surface area contributed by atoms with Gasteiger partial charge in [-0.15, -0.1) is 0 Å². The summed E-state index contributed by atoms with van der Waals surface area (Å²) in [6, 6.07) is 19.7. The SMILES string of the molecule is CN=C(NCc1cccc(OC)c1)NC1CC(C)N(Cc2ccccc2)C1. The molecule has 1 aliphatic rings. The van der Waals surface area contributed by atoms with E-state index in [0.717, 1.165) is 31.2 Å². The third-order valence-corrected chi connectivity index (χ3v) is 5.09. The fourth-order valence-corrected chi connectivity index (χ4v) is 3.60. The van der Waals surface area contributed by atoms with E-state index in [0.29, 0.717) is 18.6 Å². The predicted octanol–water partition coefficient (Wildman–Crippen LogP) is 3.02. The second-order valence-corrected chi connectivity index (χ2v) is 7.12. The normalized spacial score (nSPS) is 20.5. The molecule has 2 aromatic carbocycles. The molecule has 27 heavy (non-hydrogen) atoms. The molecule has 0 aliphatic carbocycles. The summed E-state index contributed by atoms with van der Waals surface area (Å²) in [6.45, 7) is 5.04. The average Bonchev–Trinajstić information content (AvgIpc) is 3.05. The van der Waals surface area contributed by atoms with Crippen molar-refractivity contribution < 1.29 is 4.74 Å². The van der Waals surface area contributed by atoms with Gasteiger partial charge in [-0.1, -0.05) is 42.5 Å². The lowest BCUT2D eigenvalue weighted by atomic mass is 10.2. The number of hydrogen-bond acceptors (Lipinski definition) is 3. The smallest absolute Gasteiger partial charge is 0.191 e. The zero-order chi connectivity index (χ0) is 19.1. The van der Waals surface area contributed by atoms with Gasteiger partial charge in [0.05, 0.1) is 7.11 Å². The van der Waals surface area contributed by atoms with Crippen LogP contribution in [0, 0.1) is 0 Å². The summed E-state index contributed by atoms with van der Waals surface area (Å²) in [5.41, 5.74) is 2.54. The minimum atomic E-state index is 0.403. The van der Waals surface area contributed by atoms with Gasteiger partial charge in [0.15, 0.2) is 5.96 Å². The average molecular weight is 367 g/mol. The molecule has 2 unspecified atom stereocenters. The van der Waals surface area contributed by atoms with Crippen molar-refractivity contribution in [1.29, 1.82) is 0 Å². The number of benzene rings is 2. The molecule has 0 radical (unpaired) electrons. The molecule has 0 aromatic heterocycles. The Balaban J connectivity index is 1.51. The largest absolute Gasteiger partial charge is 0.497 e. The van der Waals surface area contributed by atoms with Crippen molar-refractivity contribution in [1.82, 2.24) is 15.5 Å². The molecule has 5 nitrogen and oxygen atoms in total. The first-order valence-corrected chi connectivity index (χ1v) is 9.56. The second-order valence-electron chi connectivity index (χ2n) is 7.12. The van der Waals surface area contributed by atoms with Crippen molar-refractivity contribution >= 4 is 5.96 Å². The number of guanidine groups is 1. The quantitative estimate of drug-likeness (QED) is 0.609. The molecule has 1 saturated heterocycles. The number of aliphatic imine (C=N–C) groups is 1. The topological polar surface area (TPSA) is 48.9 Å². The van der Waals surface area contributed by atoms with Crippen molar-refractivity contribution in [3.05, 3.63) is 65.7 Å².